The highest BCUT2D eigenvalue weighted by atomic mass is 16.2. The first kappa shape index (κ1) is 13.9. The highest BCUT2D eigenvalue weighted by Crippen LogP contribution is 1.94. The Hall–Kier alpha value is -0.120. The summed E-state index contributed by atoms with van der Waals surface area (Å²) in [5.41, 5.74) is 0. The van der Waals surface area contributed by atoms with E-state index in [4.69, 9.17) is 5.11 Å². The van der Waals surface area contributed by atoms with Crippen molar-refractivity contribution in [3.05, 3.63) is 0 Å². The van der Waals surface area contributed by atoms with Crippen molar-refractivity contribution in [2.24, 2.45) is 0 Å². The largest absolute Gasteiger partial charge is 0.396 e. The molecule has 1 atom stereocenters. The van der Waals surface area contributed by atoms with E-state index >= 15 is 0 Å². The van der Waals surface area contributed by atoms with Gasteiger partial charge in [0, 0.05) is 25.7 Å². The molecule has 0 aromatic carbocycles. The lowest BCUT2D eigenvalue weighted by atomic mass is 10.2. The third-order valence-corrected chi connectivity index (χ3v) is 2.61. The molecule has 0 saturated carbocycles. The molecule has 0 aromatic heterocycles. The first-order chi connectivity index (χ1) is 6.74. The van der Waals surface area contributed by atoms with E-state index in [0.717, 1.165) is 39.0 Å². The van der Waals surface area contributed by atoms with Crippen LogP contribution in [0.4, 0.5) is 0 Å². The molecule has 14 heavy (non-hydrogen) atoms. The third kappa shape index (κ3) is 7.30. The summed E-state index contributed by atoms with van der Waals surface area (Å²) in [6.07, 6.45) is 1.97. The Morgan fingerprint density at radius 2 is 1.93 bits per heavy atom. The second-order valence-corrected chi connectivity index (χ2v) is 3.75. The Morgan fingerprint density at radius 1 is 1.29 bits per heavy atom. The van der Waals surface area contributed by atoms with Crippen LogP contribution in [0.5, 0.6) is 0 Å². The zero-order valence-electron chi connectivity index (χ0n) is 9.92. The van der Waals surface area contributed by atoms with Crippen molar-refractivity contribution in [2.45, 2.75) is 39.7 Å². The molecule has 0 amide bonds. The minimum Gasteiger partial charge on any atom is -0.396 e. The Labute approximate surface area is 88.5 Å². The summed E-state index contributed by atoms with van der Waals surface area (Å²) in [5, 5.41) is 12.1. The summed E-state index contributed by atoms with van der Waals surface area (Å²) in [7, 11) is 0. The third-order valence-electron chi connectivity index (χ3n) is 2.61. The SMILES string of the molecule is CCN(CC)CCNC(C)CCCO. The van der Waals surface area contributed by atoms with Crippen LogP contribution in [-0.2, 0) is 0 Å². The van der Waals surface area contributed by atoms with Gasteiger partial charge >= 0.3 is 0 Å². The zero-order valence-corrected chi connectivity index (χ0v) is 9.92. The van der Waals surface area contributed by atoms with Crippen molar-refractivity contribution in [2.75, 3.05) is 32.8 Å². The molecule has 1 unspecified atom stereocenters. The van der Waals surface area contributed by atoms with Gasteiger partial charge in [-0.25, -0.2) is 0 Å². The fraction of sp³-hybridized carbons (Fsp3) is 1.00. The predicted octanol–water partition coefficient (Wildman–Crippen LogP) is 1.08. The maximum Gasteiger partial charge on any atom is 0.0431 e. The molecule has 0 spiro atoms. The van der Waals surface area contributed by atoms with E-state index in [0.29, 0.717) is 12.6 Å². The summed E-state index contributed by atoms with van der Waals surface area (Å²) >= 11 is 0. The summed E-state index contributed by atoms with van der Waals surface area (Å²) < 4.78 is 0. The molecule has 86 valence electrons. The quantitative estimate of drug-likeness (QED) is 0.587. The van der Waals surface area contributed by atoms with Crippen LogP contribution in [-0.4, -0.2) is 48.8 Å². The van der Waals surface area contributed by atoms with Crippen LogP contribution in [0.15, 0.2) is 0 Å². The van der Waals surface area contributed by atoms with E-state index in [1.807, 2.05) is 0 Å². The molecule has 0 aliphatic heterocycles. The molecular formula is C11H26N2O. The molecule has 0 radical (unpaired) electrons. The van der Waals surface area contributed by atoms with Crippen LogP contribution < -0.4 is 5.32 Å². The number of likely N-dealkylation sites (N-methyl/N-ethyl adjacent to an activating group) is 1. The van der Waals surface area contributed by atoms with Crippen molar-refractivity contribution in [1.82, 2.24) is 10.2 Å². The maximum atomic E-state index is 8.67. The number of hydrogen-bond donors (Lipinski definition) is 2. The van der Waals surface area contributed by atoms with Gasteiger partial charge in [0.15, 0.2) is 0 Å². The molecule has 0 fully saturated rings. The molecule has 3 nitrogen and oxygen atoms in total. The van der Waals surface area contributed by atoms with Crippen LogP contribution >= 0.6 is 0 Å². The molecule has 0 aliphatic rings. The van der Waals surface area contributed by atoms with Crippen LogP contribution in [0, 0.1) is 0 Å². The summed E-state index contributed by atoms with van der Waals surface area (Å²) in [5.74, 6) is 0. The second kappa shape index (κ2) is 9.44. The van der Waals surface area contributed by atoms with Gasteiger partial charge < -0.3 is 15.3 Å². The van der Waals surface area contributed by atoms with E-state index in [1.54, 1.807) is 0 Å². The first-order valence-electron chi connectivity index (χ1n) is 5.81. The number of nitrogens with zero attached hydrogens (tertiary/aromatic N) is 1. The van der Waals surface area contributed by atoms with E-state index in [1.165, 1.54) is 0 Å². The minimum absolute atomic E-state index is 0.308. The fourth-order valence-electron chi connectivity index (χ4n) is 1.51. The highest BCUT2D eigenvalue weighted by Gasteiger charge is 2.02. The predicted molar refractivity (Wildman–Crippen MR) is 61.6 cm³/mol. The zero-order chi connectivity index (χ0) is 10.8. The highest BCUT2D eigenvalue weighted by molar-refractivity contribution is 4.62. The van der Waals surface area contributed by atoms with Gasteiger partial charge in [-0.3, -0.25) is 0 Å². The number of rotatable bonds is 9. The normalized spacial score (nSPS) is 13.5. The fourth-order valence-corrected chi connectivity index (χ4v) is 1.51. The van der Waals surface area contributed by atoms with Gasteiger partial charge in [-0.15, -0.1) is 0 Å². The van der Waals surface area contributed by atoms with Crippen molar-refractivity contribution in [1.29, 1.82) is 0 Å². The van der Waals surface area contributed by atoms with Gasteiger partial charge in [0.1, 0.15) is 0 Å². The first-order valence-corrected chi connectivity index (χ1v) is 5.81. The Morgan fingerprint density at radius 3 is 2.43 bits per heavy atom. The van der Waals surface area contributed by atoms with Crippen LogP contribution in [0.3, 0.4) is 0 Å². The van der Waals surface area contributed by atoms with Crippen molar-refractivity contribution in [3.63, 3.8) is 0 Å². The lowest BCUT2D eigenvalue weighted by molar-refractivity contribution is 0.270. The molecule has 0 heterocycles. The number of nitrogens with one attached hydrogen (secondary N) is 1. The molecule has 2 N–H and O–H groups in total. The second-order valence-electron chi connectivity index (χ2n) is 3.75. The van der Waals surface area contributed by atoms with Crippen molar-refractivity contribution >= 4 is 0 Å². The average Bonchev–Trinajstić information content (AvgIpc) is 2.21. The Kier molecular flexibility index (Phi) is 9.35. The van der Waals surface area contributed by atoms with Gasteiger partial charge in [0.2, 0.25) is 0 Å². The molecular weight excluding hydrogens is 176 g/mol. The topological polar surface area (TPSA) is 35.5 Å². The van der Waals surface area contributed by atoms with Gasteiger partial charge in [0.05, 0.1) is 0 Å². The molecule has 0 saturated heterocycles. The van der Waals surface area contributed by atoms with Gasteiger partial charge in [-0.1, -0.05) is 13.8 Å². The van der Waals surface area contributed by atoms with E-state index in [2.05, 4.69) is 31.0 Å². The van der Waals surface area contributed by atoms with Gasteiger partial charge in [-0.05, 0) is 32.9 Å². The molecule has 3 heteroatoms. The van der Waals surface area contributed by atoms with Crippen LogP contribution in [0.1, 0.15) is 33.6 Å². The van der Waals surface area contributed by atoms with Crippen LogP contribution in [0.2, 0.25) is 0 Å². The van der Waals surface area contributed by atoms with Gasteiger partial charge in [-0.2, -0.15) is 0 Å². The smallest absolute Gasteiger partial charge is 0.0431 e. The lowest BCUT2D eigenvalue weighted by Crippen LogP contribution is -2.35. The Balaban J connectivity index is 3.33. The Bertz CT molecular complexity index is 116. The van der Waals surface area contributed by atoms with E-state index in [-0.39, 0.29) is 0 Å². The summed E-state index contributed by atoms with van der Waals surface area (Å²) in [4.78, 5) is 2.41. The lowest BCUT2D eigenvalue weighted by Gasteiger charge is -2.20. The maximum absolute atomic E-state index is 8.67. The van der Waals surface area contributed by atoms with E-state index in [9.17, 15) is 0 Å². The van der Waals surface area contributed by atoms with Gasteiger partial charge in [0.25, 0.3) is 0 Å². The number of aliphatic hydroxyl groups is 1. The molecule has 0 aromatic rings. The van der Waals surface area contributed by atoms with Crippen molar-refractivity contribution < 1.29 is 5.11 Å². The summed E-state index contributed by atoms with van der Waals surface area (Å²) in [6.45, 7) is 11.3. The standard InChI is InChI=1S/C11H26N2O/c1-4-13(5-2)9-8-12-11(3)7-6-10-14/h11-12,14H,4-10H2,1-3H3. The average molecular weight is 202 g/mol. The summed E-state index contributed by atoms with van der Waals surface area (Å²) in [6, 6.07) is 0.526. The molecule has 0 bridgehead atoms. The van der Waals surface area contributed by atoms with Crippen molar-refractivity contribution in [3.8, 4) is 0 Å². The number of hydrogen-bond acceptors (Lipinski definition) is 3. The number of aliphatic hydroxyl groups excluding tert-OH is 1. The molecule has 0 aliphatic carbocycles. The van der Waals surface area contributed by atoms with Crippen LogP contribution in [0.25, 0.3) is 0 Å². The monoisotopic (exact) mass is 202 g/mol. The molecule has 0 rings (SSSR count). The minimum atomic E-state index is 0.308. The van der Waals surface area contributed by atoms with E-state index < -0.39 is 0 Å².